The Balaban J connectivity index is 1.65. The molecule has 0 aliphatic heterocycles. The highest BCUT2D eigenvalue weighted by Crippen LogP contribution is 2.42. The van der Waals surface area contributed by atoms with Gasteiger partial charge < -0.3 is 5.32 Å². The van der Waals surface area contributed by atoms with E-state index in [1.807, 2.05) is 18.3 Å². The molecule has 0 unspecified atom stereocenters. The smallest absolute Gasteiger partial charge is 0.223 e. The van der Waals surface area contributed by atoms with Crippen LogP contribution in [0.3, 0.4) is 0 Å². The molecule has 1 saturated carbocycles. The Bertz CT molecular complexity index is 803. The molecule has 25 heavy (non-hydrogen) atoms. The largest absolute Gasteiger partial charge is 0.349 e. The normalized spacial score (nSPS) is 26.6. The van der Waals surface area contributed by atoms with Crippen molar-refractivity contribution < 1.29 is 4.79 Å². The van der Waals surface area contributed by atoms with Crippen molar-refractivity contribution in [2.24, 2.45) is 17.3 Å². The summed E-state index contributed by atoms with van der Waals surface area (Å²) in [6, 6.07) is 3.85. The molecule has 5 heteroatoms. The van der Waals surface area contributed by atoms with E-state index in [-0.39, 0.29) is 23.3 Å². The van der Waals surface area contributed by atoms with E-state index in [2.05, 4.69) is 36.1 Å². The van der Waals surface area contributed by atoms with Crippen molar-refractivity contribution in [3.8, 4) is 11.4 Å². The molecule has 2 aliphatic rings. The highest BCUT2D eigenvalue weighted by atomic mass is 16.2. The molecule has 0 saturated heterocycles. The Labute approximate surface area is 148 Å². The Morgan fingerprint density at radius 2 is 2.00 bits per heavy atom. The number of nitrogens with zero attached hydrogens (tertiary/aromatic N) is 3. The van der Waals surface area contributed by atoms with E-state index in [0.29, 0.717) is 5.92 Å². The molecule has 2 heterocycles. The summed E-state index contributed by atoms with van der Waals surface area (Å²) >= 11 is 0. The third-order valence-electron chi connectivity index (χ3n) is 5.38. The van der Waals surface area contributed by atoms with E-state index < -0.39 is 0 Å². The fraction of sp³-hybridized carbons (Fsp3) is 0.500. The van der Waals surface area contributed by atoms with Crippen LogP contribution in [0.1, 0.15) is 50.9 Å². The highest BCUT2D eigenvalue weighted by molar-refractivity contribution is 5.82. The highest BCUT2D eigenvalue weighted by Gasteiger charge is 2.41. The van der Waals surface area contributed by atoms with Crippen molar-refractivity contribution in [2.75, 3.05) is 0 Å². The summed E-state index contributed by atoms with van der Waals surface area (Å²) in [4.78, 5) is 25.9. The van der Waals surface area contributed by atoms with Gasteiger partial charge in [-0.05, 0) is 42.7 Å². The van der Waals surface area contributed by atoms with E-state index in [0.717, 1.165) is 41.9 Å². The molecule has 0 spiro atoms. The van der Waals surface area contributed by atoms with Crippen LogP contribution in [-0.4, -0.2) is 20.9 Å². The molecule has 2 aromatic heterocycles. The number of rotatable bonds is 3. The number of hydrogen-bond acceptors (Lipinski definition) is 4. The number of hydrogen-bond donors (Lipinski definition) is 1. The SMILES string of the molecule is C[C@@H]1C[C@@H]1C(=O)N[C@@H]1CC(C)(C)Cc2nc(-c3ccncc3)ncc21. The van der Waals surface area contributed by atoms with Crippen molar-refractivity contribution >= 4 is 5.91 Å². The minimum absolute atomic E-state index is 0.00513. The summed E-state index contributed by atoms with van der Waals surface area (Å²) in [6.45, 7) is 6.61. The topological polar surface area (TPSA) is 67.8 Å². The first-order valence-electron chi connectivity index (χ1n) is 8.99. The van der Waals surface area contributed by atoms with Gasteiger partial charge in [0.25, 0.3) is 0 Å². The van der Waals surface area contributed by atoms with E-state index in [9.17, 15) is 4.79 Å². The van der Waals surface area contributed by atoms with Gasteiger partial charge in [0, 0.05) is 35.6 Å². The zero-order chi connectivity index (χ0) is 17.6. The molecule has 4 rings (SSSR count). The van der Waals surface area contributed by atoms with Gasteiger partial charge in [0.15, 0.2) is 5.82 Å². The van der Waals surface area contributed by atoms with Gasteiger partial charge in [0.05, 0.1) is 11.7 Å². The first kappa shape index (κ1) is 16.2. The number of nitrogens with one attached hydrogen (secondary N) is 1. The summed E-state index contributed by atoms with van der Waals surface area (Å²) in [7, 11) is 0. The Hall–Kier alpha value is -2.30. The lowest BCUT2D eigenvalue weighted by atomic mass is 9.74. The zero-order valence-electron chi connectivity index (χ0n) is 15.0. The summed E-state index contributed by atoms with van der Waals surface area (Å²) < 4.78 is 0. The van der Waals surface area contributed by atoms with Gasteiger partial charge in [0.2, 0.25) is 5.91 Å². The fourth-order valence-corrected chi connectivity index (χ4v) is 3.78. The van der Waals surface area contributed by atoms with Crippen LogP contribution in [0.15, 0.2) is 30.7 Å². The summed E-state index contributed by atoms with van der Waals surface area (Å²) in [5.41, 5.74) is 3.18. The van der Waals surface area contributed by atoms with Gasteiger partial charge in [-0.15, -0.1) is 0 Å². The molecule has 1 fully saturated rings. The fourth-order valence-electron chi connectivity index (χ4n) is 3.78. The Morgan fingerprint density at radius 1 is 1.28 bits per heavy atom. The van der Waals surface area contributed by atoms with Crippen LogP contribution in [0.5, 0.6) is 0 Å². The second-order valence-electron chi connectivity index (χ2n) is 8.26. The molecule has 130 valence electrons. The van der Waals surface area contributed by atoms with E-state index in [1.165, 1.54) is 0 Å². The van der Waals surface area contributed by atoms with Crippen LogP contribution in [-0.2, 0) is 11.2 Å². The zero-order valence-corrected chi connectivity index (χ0v) is 15.0. The maximum Gasteiger partial charge on any atom is 0.223 e. The minimum Gasteiger partial charge on any atom is -0.349 e. The predicted molar refractivity (Wildman–Crippen MR) is 95.5 cm³/mol. The molecule has 5 nitrogen and oxygen atoms in total. The lowest BCUT2D eigenvalue weighted by molar-refractivity contribution is -0.123. The third kappa shape index (κ3) is 3.28. The third-order valence-corrected chi connectivity index (χ3v) is 5.38. The van der Waals surface area contributed by atoms with E-state index in [1.54, 1.807) is 12.4 Å². The number of carbonyl (C=O) groups excluding carboxylic acids is 1. The maximum absolute atomic E-state index is 12.4. The Morgan fingerprint density at radius 3 is 2.68 bits per heavy atom. The van der Waals surface area contributed by atoms with Gasteiger partial charge in [-0.25, -0.2) is 9.97 Å². The standard InChI is InChI=1S/C20H24N4O/c1-12-8-14(12)19(25)24-17-10-20(2,3)9-16-15(17)11-22-18(23-16)13-4-6-21-7-5-13/h4-7,11-12,14,17H,8-10H2,1-3H3,(H,24,25)/t12-,14+,17-/m1/s1. The molecule has 0 bridgehead atoms. The average molecular weight is 336 g/mol. The number of amides is 1. The monoisotopic (exact) mass is 336 g/mol. The lowest BCUT2D eigenvalue weighted by Gasteiger charge is -2.36. The molecule has 3 atom stereocenters. The van der Waals surface area contributed by atoms with Crippen LogP contribution in [0.2, 0.25) is 0 Å². The second kappa shape index (κ2) is 5.90. The quantitative estimate of drug-likeness (QED) is 0.933. The van der Waals surface area contributed by atoms with Crippen molar-refractivity contribution in [3.05, 3.63) is 42.0 Å². The van der Waals surface area contributed by atoms with Crippen molar-refractivity contribution in [1.82, 2.24) is 20.3 Å². The number of pyridine rings is 1. The van der Waals surface area contributed by atoms with Crippen LogP contribution in [0.4, 0.5) is 0 Å². The van der Waals surface area contributed by atoms with Crippen LogP contribution < -0.4 is 5.32 Å². The Kier molecular flexibility index (Phi) is 3.82. The summed E-state index contributed by atoms with van der Waals surface area (Å²) in [6.07, 6.45) is 8.23. The lowest BCUT2D eigenvalue weighted by Crippen LogP contribution is -2.38. The van der Waals surface area contributed by atoms with Gasteiger partial charge in [-0.1, -0.05) is 20.8 Å². The summed E-state index contributed by atoms with van der Waals surface area (Å²) in [5.74, 6) is 1.60. The van der Waals surface area contributed by atoms with Crippen LogP contribution in [0, 0.1) is 17.3 Å². The number of aromatic nitrogens is 3. The number of fused-ring (bicyclic) bond motifs is 1. The molecule has 0 aromatic carbocycles. The molecular weight excluding hydrogens is 312 g/mol. The second-order valence-corrected chi connectivity index (χ2v) is 8.26. The van der Waals surface area contributed by atoms with Gasteiger partial charge in [-0.3, -0.25) is 9.78 Å². The van der Waals surface area contributed by atoms with Crippen molar-refractivity contribution in [1.29, 1.82) is 0 Å². The molecule has 1 N–H and O–H groups in total. The van der Waals surface area contributed by atoms with E-state index in [4.69, 9.17) is 4.98 Å². The van der Waals surface area contributed by atoms with Crippen LogP contribution >= 0.6 is 0 Å². The molecule has 0 radical (unpaired) electrons. The number of carbonyl (C=O) groups is 1. The van der Waals surface area contributed by atoms with Gasteiger partial charge >= 0.3 is 0 Å². The van der Waals surface area contributed by atoms with Crippen molar-refractivity contribution in [3.63, 3.8) is 0 Å². The van der Waals surface area contributed by atoms with E-state index >= 15 is 0 Å². The maximum atomic E-state index is 12.4. The van der Waals surface area contributed by atoms with Crippen LogP contribution in [0.25, 0.3) is 11.4 Å². The molecule has 1 amide bonds. The first-order chi connectivity index (χ1) is 11.9. The average Bonchev–Trinajstić information content (AvgIpc) is 3.31. The predicted octanol–water partition coefficient (Wildman–Crippen LogP) is 3.32. The van der Waals surface area contributed by atoms with Gasteiger partial charge in [-0.2, -0.15) is 0 Å². The molecule has 2 aliphatic carbocycles. The summed E-state index contributed by atoms with van der Waals surface area (Å²) in [5, 5.41) is 3.25. The molecule has 2 aromatic rings. The van der Waals surface area contributed by atoms with Gasteiger partial charge in [0.1, 0.15) is 0 Å². The van der Waals surface area contributed by atoms with Crippen molar-refractivity contribution in [2.45, 2.75) is 46.1 Å². The minimum atomic E-state index is 0.00513. The molecular formula is C20H24N4O. The first-order valence-corrected chi connectivity index (χ1v) is 8.99.